The molecular formula is C14H10BrNO2. The van der Waals surface area contributed by atoms with Crippen LogP contribution < -0.4 is 4.74 Å². The van der Waals surface area contributed by atoms with Crippen molar-refractivity contribution in [3.05, 3.63) is 58.9 Å². The van der Waals surface area contributed by atoms with E-state index in [1.165, 1.54) is 0 Å². The molecule has 0 aliphatic rings. The minimum Gasteiger partial charge on any atom is -0.469 e. The van der Waals surface area contributed by atoms with E-state index in [0.717, 1.165) is 21.3 Å². The molecule has 0 atom stereocenters. The molecule has 2 heterocycles. The van der Waals surface area contributed by atoms with Gasteiger partial charge in [0, 0.05) is 11.5 Å². The first-order valence-electron chi connectivity index (χ1n) is 5.54. The fourth-order valence-electron chi connectivity index (χ4n) is 1.72. The summed E-state index contributed by atoms with van der Waals surface area (Å²) in [4.78, 5) is 4.19. The third-order valence-corrected chi connectivity index (χ3v) is 2.97. The Balaban J connectivity index is 1.76. The van der Waals surface area contributed by atoms with Crippen molar-refractivity contribution in [3.8, 4) is 5.88 Å². The number of pyridine rings is 1. The number of benzene rings is 1. The number of halogens is 1. The maximum Gasteiger partial charge on any atom is 0.214 e. The molecule has 3 aromatic rings. The van der Waals surface area contributed by atoms with E-state index in [9.17, 15) is 0 Å². The highest BCUT2D eigenvalue weighted by atomic mass is 79.9. The van der Waals surface area contributed by atoms with E-state index in [2.05, 4.69) is 20.9 Å². The van der Waals surface area contributed by atoms with Gasteiger partial charge in [0.05, 0.1) is 0 Å². The van der Waals surface area contributed by atoms with Crippen LogP contribution in [0.15, 0.2) is 57.6 Å². The van der Waals surface area contributed by atoms with E-state index in [1.54, 1.807) is 0 Å². The predicted octanol–water partition coefficient (Wildman–Crippen LogP) is 4.17. The Hall–Kier alpha value is -1.81. The van der Waals surface area contributed by atoms with E-state index >= 15 is 0 Å². The Labute approximate surface area is 113 Å². The lowest BCUT2D eigenvalue weighted by molar-refractivity contribution is 0.264. The molecule has 18 heavy (non-hydrogen) atoms. The smallest absolute Gasteiger partial charge is 0.214 e. The van der Waals surface area contributed by atoms with Crippen molar-refractivity contribution < 1.29 is 9.15 Å². The molecule has 90 valence electrons. The molecule has 0 saturated carbocycles. The van der Waals surface area contributed by atoms with E-state index in [1.807, 2.05) is 48.5 Å². The van der Waals surface area contributed by atoms with Crippen LogP contribution in [-0.2, 0) is 6.61 Å². The lowest BCUT2D eigenvalue weighted by Gasteiger charge is -2.02. The highest BCUT2D eigenvalue weighted by molar-refractivity contribution is 9.10. The van der Waals surface area contributed by atoms with Gasteiger partial charge in [-0.25, -0.2) is 4.98 Å². The van der Waals surface area contributed by atoms with E-state index in [0.29, 0.717) is 12.5 Å². The molecule has 0 amide bonds. The third kappa shape index (κ3) is 2.38. The van der Waals surface area contributed by atoms with Crippen LogP contribution >= 0.6 is 15.9 Å². The normalized spacial score (nSPS) is 10.7. The molecule has 0 aliphatic carbocycles. The molecule has 0 radical (unpaired) electrons. The van der Waals surface area contributed by atoms with Gasteiger partial charge in [0.1, 0.15) is 22.6 Å². The van der Waals surface area contributed by atoms with E-state index in [4.69, 9.17) is 9.15 Å². The quantitative estimate of drug-likeness (QED) is 0.681. The number of para-hydroxylation sites is 1. The van der Waals surface area contributed by atoms with Gasteiger partial charge in [-0.1, -0.05) is 24.3 Å². The zero-order valence-electron chi connectivity index (χ0n) is 9.47. The first-order valence-corrected chi connectivity index (χ1v) is 6.33. The fourth-order valence-corrected chi connectivity index (χ4v) is 2.05. The summed E-state index contributed by atoms with van der Waals surface area (Å²) < 4.78 is 12.0. The minimum atomic E-state index is 0.373. The van der Waals surface area contributed by atoms with Gasteiger partial charge < -0.3 is 9.15 Å². The Morgan fingerprint density at radius 1 is 1.11 bits per heavy atom. The van der Waals surface area contributed by atoms with Crippen molar-refractivity contribution >= 4 is 26.9 Å². The average Bonchev–Trinajstić information content (AvgIpc) is 2.79. The molecule has 0 bridgehead atoms. The van der Waals surface area contributed by atoms with Crippen molar-refractivity contribution in [1.82, 2.24) is 4.98 Å². The summed E-state index contributed by atoms with van der Waals surface area (Å²) in [6.45, 7) is 0.373. The predicted molar refractivity (Wildman–Crippen MR) is 72.5 cm³/mol. The second kappa shape index (κ2) is 4.82. The van der Waals surface area contributed by atoms with Crippen molar-refractivity contribution in [2.45, 2.75) is 6.61 Å². The summed E-state index contributed by atoms with van der Waals surface area (Å²) >= 11 is 3.30. The monoisotopic (exact) mass is 303 g/mol. The summed E-state index contributed by atoms with van der Waals surface area (Å²) in [6.07, 6.45) is 0. The Morgan fingerprint density at radius 2 is 2.00 bits per heavy atom. The van der Waals surface area contributed by atoms with Crippen LogP contribution in [0.4, 0.5) is 0 Å². The third-order valence-electron chi connectivity index (χ3n) is 2.53. The molecule has 0 aliphatic heterocycles. The van der Waals surface area contributed by atoms with E-state index in [-0.39, 0.29) is 0 Å². The molecule has 4 heteroatoms. The zero-order valence-corrected chi connectivity index (χ0v) is 11.1. The van der Waals surface area contributed by atoms with Crippen LogP contribution in [0.1, 0.15) is 5.76 Å². The summed E-state index contributed by atoms with van der Waals surface area (Å²) in [6, 6.07) is 15.4. The van der Waals surface area contributed by atoms with Crippen LogP contribution in [-0.4, -0.2) is 4.98 Å². The van der Waals surface area contributed by atoms with Gasteiger partial charge >= 0.3 is 0 Å². The first-order chi connectivity index (χ1) is 8.81. The number of hydrogen-bond donors (Lipinski definition) is 0. The molecule has 0 unspecified atom stereocenters. The van der Waals surface area contributed by atoms with Crippen molar-refractivity contribution in [2.24, 2.45) is 0 Å². The number of hydrogen-bond acceptors (Lipinski definition) is 3. The summed E-state index contributed by atoms with van der Waals surface area (Å²) in [5.41, 5.74) is 0.873. The van der Waals surface area contributed by atoms with Gasteiger partial charge in [0.2, 0.25) is 5.88 Å². The average molecular weight is 304 g/mol. The molecular weight excluding hydrogens is 294 g/mol. The molecule has 0 spiro atoms. The van der Waals surface area contributed by atoms with Gasteiger partial charge in [-0.2, -0.15) is 0 Å². The van der Waals surface area contributed by atoms with Crippen molar-refractivity contribution in [3.63, 3.8) is 0 Å². The van der Waals surface area contributed by atoms with Crippen molar-refractivity contribution in [1.29, 1.82) is 0 Å². The highest BCUT2D eigenvalue weighted by Crippen LogP contribution is 2.20. The number of aromatic nitrogens is 1. The maximum absolute atomic E-state index is 5.66. The number of ether oxygens (including phenoxy) is 1. The molecule has 2 aromatic heterocycles. The van der Waals surface area contributed by atoms with Crippen LogP contribution in [0.3, 0.4) is 0 Å². The molecule has 1 aromatic carbocycles. The van der Waals surface area contributed by atoms with E-state index < -0.39 is 0 Å². The Kier molecular flexibility index (Phi) is 3.02. The number of rotatable bonds is 3. The molecule has 3 rings (SSSR count). The molecule has 0 N–H and O–H groups in total. The first kappa shape index (κ1) is 11.3. The molecule has 0 fully saturated rings. The fraction of sp³-hybridized carbons (Fsp3) is 0.0714. The van der Waals surface area contributed by atoms with Crippen molar-refractivity contribution in [2.75, 3.05) is 0 Å². The Morgan fingerprint density at radius 3 is 2.83 bits per heavy atom. The van der Waals surface area contributed by atoms with Gasteiger partial charge in [0.25, 0.3) is 0 Å². The van der Waals surface area contributed by atoms with Crippen LogP contribution in [0.2, 0.25) is 0 Å². The summed E-state index contributed by atoms with van der Waals surface area (Å²) in [5.74, 6) is 1.36. The highest BCUT2D eigenvalue weighted by Gasteiger charge is 2.04. The SMILES string of the molecule is Brc1cccc(OCc2cc3ccccc3o2)n1. The number of furan rings is 1. The largest absolute Gasteiger partial charge is 0.469 e. The van der Waals surface area contributed by atoms with Gasteiger partial charge in [0.15, 0.2) is 0 Å². The van der Waals surface area contributed by atoms with Gasteiger partial charge in [-0.15, -0.1) is 0 Å². The summed E-state index contributed by atoms with van der Waals surface area (Å²) in [5, 5.41) is 1.08. The standard InChI is InChI=1S/C14H10BrNO2/c15-13-6-3-7-14(16-13)17-9-11-8-10-4-1-2-5-12(10)18-11/h1-8H,9H2. The van der Waals surface area contributed by atoms with Crippen LogP contribution in [0.5, 0.6) is 5.88 Å². The topological polar surface area (TPSA) is 35.3 Å². The molecule has 3 nitrogen and oxygen atoms in total. The van der Waals surface area contributed by atoms with Gasteiger partial charge in [-0.3, -0.25) is 0 Å². The summed E-state index contributed by atoms with van der Waals surface area (Å²) in [7, 11) is 0. The van der Waals surface area contributed by atoms with Crippen LogP contribution in [0.25, 0.3) is 11.0 Å². The molecule has 0 saturated heterocycles. The zero-order chi connectivity index (χ0) is 12.4. The lowest BCUT2D eigenvalue weighted by Crippen LogP contribution is -1.95. The number of fused-ring (bicyclic) bond motifs is 1. The van der Waals surface area contributed by atoms with Crippen LogP contribution in [0, 0.1) is 0 Å². The lowest BCUT2D eigenvalue weighted by atomic mass is 10.2. The maximum atomic E-state index is 5.66. The second-order valence-electron chi connectivity index (χ2n) is 3.84. The number of nitrogens with zero attached hydrogens (tertiary/aromatic N) is 1. The Bertz CT molecular complexity index is 645. The van der Waals surface area contributed by atoms with Gasteiger partial charge in [-0.05, 0) is 34.1 Å². The minimum absolute atomic E-state index is 0.373. The second-order valence-corrected chi connectivity index (χ2v) is 4.65.